The van der Waals surface area contributed by atoms with Crippen molar-refractivity contribution in [2.45, 2.75) is 19.8 Å². The van der Waals surface area contributed by atoms with Crippen LogP contribution in [0, 0.1) is 11.6 Å². The Morgan fingerprint density at radius 1 is 1.28 bits per heavy atom. The van der Waals surface area contributed by atoms with Crippen LogP contribution in [0.25, 0.3) is 0 Å². The minimum Gasteiger partial charge on any atom is -0.462 e. The lowest BCUT2D eigenvalue weighted by Gasteiger charge is -2.18. The van der Waals surface area contributed by atoms with E-state index in [0.717, 1.165) is 25.9 Å². The van der Waals surface area contributed by atoms with Gasteiger partial charge in [0.2, 0.25) is 0 Å². The molecule has 3 nitrogen and oxygen atoms in total. The molecule has 0 aliphatic carbocycles. The fourth-order valence-electron chi connectivity index (χ4n) is 2.12. The predicted molar refractivity (Wildman–Crippen MR) is 63.8 cm³/mol. The van der Waals surface area contributed by atoms with Gasteiger partial charge in [-0.1, -0.05) is 0 Å². The van der Waals surface area contributed by atoms with Gasteiger partial charge in [-0.2, -0.15) is 0 Å². The maximum absolute atomic E-state index is 13.8. The first-order valence-corrected chi connectivity index (χ1v) is 6.04. The maximum atomic E-state index is 13.8. The molecule has 5 heteroatoms. The number of carbonyl (C=O) groups is 1. The van der Waals surface area contributed by atoms with Crippen molar-refractivity contribution in [2.75, 3.05) is 24.6 Å². The molecule has 98 valence electrons. The first-order valence-electron chi connectivity index (χ1n) is 6.04. The molecule has 1 aliphatic rings. The molecule has 0 atom stereocenters. The van der Waals surface area contributed by atoms with Gasteiger partial charge in [-0.25, -0.2) is 13.6 Å². The van der Waals surface area contributed by atoms with Crippen LogP contribution >= 0.6 is 0 Å². The van der Waals surface area contributed by atoms with E-state index in [0.29, 0.717) is 5.69 Å². The summed E-state index contributed by atoms with van der Waals surface area (Å²) in [6, 6.07) is 2.39. The SMILES string of the molecule is CCOC(=O)c1c(F)cc(N2CCCC2)cc1F. The second kappa shape index (κ2) is 5.33. The summed E-state index contributed by atoms with van der Waals surface area (Å²) < 4.78 is 32.2. The first kappa shape index (κ1) is 12.8. The topological polar surface area (TPSA) is 29.5 Å². The summed E-state index contributed by atoms with van der Waals surface area (Å²) in [5.41, 5.74) is -0.129. The van der Waals surface area contributed by atoms with E-state index in [1.54, 1.807) is 6.92 Å². The van der Waals surface area contributed by atoms with E-state index in [1.165, 1.54) is 12.1 Å². The van der Waals surface area contributed by atoms with Crippen LogP contribution in [0.15, 0.2) is 12.1 Å². The zero-order chi connectivity index (χ0) is 13.1. The molecular formula is C13H15F2NO2. The number of carbonyl (C=O) groups excluding carboxylic acids is 1. The quantitative estimate of drug-likeness (QED) is 0.778. The molecule has 0 N–H and O–H groups in total. The smallest absolute Gasteiger partial charge is 0.344 e. The fraction of sp³-hybridized carbons (Fsp3) is 0.462. The highest BCUT2D eigenvalue weighted by Crippen LogP contribution is 2.25. The Morgan fingerprint density at radius 2 is 1.83 bits per heavy atom. The Bertz CT molecular complexity index is 433. The summed E-state index contributed by atoms with van der Waals surface area (Å²) >= 11 is 0. The summed E-state index contributed by atoms with van der Waals surface area (Å²) in [6.45, 7) is 3.26. The summed E-state index contributed by atoms with van der Waals surface area (Å²) in [6.07, 6.45) is 2.03. The van der Waals surface area contributed by atoms with Crippen LogP contribution in [0.5, 0.6) is 0 Å². The molecule has 0 bridgehead atoms. The monoisotopic (exact) mass is 255 g/mol. The first-order chi connectivity index (χ1) is 8.63. The average molecular weight is 255 g/mol. The van der Waals surface area contributed by atoms with Gasteiger partial charge in [0.05, 0.1) is 6.61 Å². The second-order valence-corrected chi connectivity index (χ2v) is 4.20. The molecule has 0 aromatic heterocycles. The van der Waals surface area contributed by atoms with E-state index >= 15 is 0 Å². The molecule has 1 fully saturated rings. The van der Waals surface area contributed by atoms with Crippen LogP contribution in [0.4, 0.5) is 14.5 Å². The lowest BCUT2D eigenvalue weighted by atomic mass is 10.1. The van der Waals surface area contributed by atoms with Gasteiger partial charge in [0.15, 0.2) is 0 Å². The van der Waals surface area contributed by atoms with Gasteiger partial charge in [-0.15, -0.1) is 0 Å². The Morgan fingerprint density at radius 3 is 2.33 bits per heavy atom. The molecule has 18 heavy (non-hydrogen) atoms. The molecule has 2 rings (SSSR count). The third-order valence-electron chi connectivity index (χ3n) is 2.98. The van der Waals surface area contributed by atoms with Crippen molar-refractivity contribution < 1.29 is 18.3 Å². The van der Waals surface area contributed by atoms with Crippen molar-refractivity contribution in [3.8, 4) is 0 Å². The van der Waals surface area contributed by atoms with Crippen molar-refractivity contribution in [3.05, 3.63) is 29.3 Å². The number of hydrogen-bond acceptors (Lipinski definition) is 3. The number of ether oxygens (including phenoxy) is 1. The summed E-state index contributed by atoms with van der Waals surface area (Å²) in [5, 5.41) is 0. The molecule has 0 amide bonds. The van der Waals surface area contributed by atoms with Crippen LogP contribution in [0.3, 0.4) is 0 Å². The normalized spacial score (nSPS) is 14.9. The van der Waals surface area contributed by atoms with Crippen LogP contribution in [0.1, 0.15) is 30.1 Å². The molecule has 1 aromatic carbocycles. The number of nitrogens with zero attached hydrogens (tertiary/aromatic N) is 1. The Hall–Kier alpha value is -1.65. The van der Waals surface area contributed by atoms with Gasteiger partial charge in [-0.3, -0.25) is 0 Å². The van der Waals surface area contributed by atoms with Gasteiger partial charge in [0.1, 0.15) is 17.2 Å². The third kappa shape index (κ3) is 2.44. The summed E-state index contributed by atoms with van der Waals surface area (Å²) in [7, 11) is 0. The molecule has 0 saturated carbocycles. The van der Waals surface area contributed by atoms with Gasteiger partial charge in [-0.05, 0) is 31.9 Å². The van der Waals surface area contributed by atoms with E-state index in [9.17, 15) is 13.6 Å². The number of rotatable bonds is 3. The minimum absolute atomic E-state index is 0.0889. The van der Waals surface area contributed by atoms with Crippen molar-refractivity contribution in [1.82, 2.24) is 0 Å². The lowest BCUT2D eigenvalue weighted by molar-refractivity contribution is 0.0515. The van der Waals surface area contributed by atoms with E-state index in [4.69, 9.17) is 0 Å². The molecule has 1 saturated heterocycles. The van der Waals surface area contributed by atoms with Gasteiger partial charge < -0.3 is 9.64 Å². The van der Waals surface area contributed by atoms with Crippen molar-refractivity contribution in [2.24, 2.45) is 0 Å². The van der Waals surface area contributed by atoms with Crippen molar-refractivity contribution in [1.29, 1.82) is 0 Å². The molecule has 1 heterocycles. The van der Waals surface area contributed by atoms with Gasteiger partial charge in [0.25, 0.3) is 0 Å². The number of halogens is 2. The van der Waals surface area contributed by atoms with E-state index < -0.39 is 23.2 Å². The number of esters is 1. The molecular weight excluding hydrogens is 240 g/mol. The molecule has 1 aromatic rings. The van der Waals surface area contributed by atoms with Crippen LogP contribution in [0.2, 0.25) is 0 Å². The highest BCUT2D eigenvalue weighted by molar-refractivity contribution is 5.90. The zero-order valence-corrected chi connectivity index (χ0v) is 10.2. The summed E-state index contributed by atoms with van der Waals surface area (Å²) in [4.78, 5) is 13.3. The van der Waals surface area contributed by atoms with Gasteiger partial charge >= 0.3 is 5.97 Å². The van der Waals surface area contributed by atoms with Crippen LogP contribution in [-0.2, 0) is 4.74 Å². The largest absolute Gasteiger partial charge is 0.462 e. The standard InChI is InChI=1S/C13H15F2NO2/c1-2-18-13(17)12-10(14)7-9(8-11(12)15)16-5-3-4-6-16/h7-8H,2-6H2,1H3. The van der Waals surface area contributed by atoms with Crippen molar-refractivity contribution in [3.63, 3.8) is 0 Å². The predicted octanol–water partition coefficient (Wildman–Crippen LogP) is 2.74. The van der Waals surface area contributed by atoms with Crippen LogP contribution < -0.4 is 4.90 Å². The maximum Gasteiger partial charge on any atom is 0.344 e. The molecule has 0 radical (unpaired) electrons. The second-order valence-electron chi connectivity index (χ2n) is 4.20. The van der Waals surface area contributed by atoms with Gasteiger partial charge in [0, 0.05) is 18.8 Å². The molecule has 0 spiro atoms. The number of anilines is 1. The Labute approximate surface area is 104 Å². The molecule has 0 unspecified atom stereocenters. The summed E-state index contributed by atoms with van der Waals surface area (Å²) in [5.74, 6) is -2.69. The van der Waals surface area contributed by atoms with E-state index in [2.05, 4.69) is 4.74 Å². The number of hydrogen-bond donors (Lipinski definition) is 0. The van der Waals surface area contributed by atoms with Crippen molar-refractivity contribution >= 4 is 11.7 Å². The zero-order valence-electron chi connectivity index (χ0n) is 10.2. The molecule has 1 aliphatic heterocycles. The Kier molecular flexibility index (Phi) is 3.79. The number of benzene rings is 1. The van der Waals surface area contributed by atoms with E-state index in [-0.39, 0.29) is 6.61 Å². The lowest BCUT2D eigenvalue weighted by Crippen LogP contribution is -2.19. The minimum atomic E-state index is -0.958. The average Bonchev–Trinajstić information content (AvgIpc) is 2.81. The fourth-order valence-corrected chi connectivity index (χ4v) is 2.12. The third-order valence-corrected chi connectivity index (χ3v) is 2.98. The highest BCUT2D eigenvalue weighted by Gasteiger charge is 2.22. The highest BCUT2D eigenvalue weighted by atomic mass is 19.1. The van der Waals surface area contributed by atoms with Crippen LogP contribution in [-0.4, -0.2) is 25.7 Å². The van der Waals surface area contributed by atoms with E-state index in [1.807, 2.05) is 4.90 Å². The Balaban J connectivity index is 2.31.